The zero-order valence-electron chi connectivity index (χ0n) is 10.6. The molecule has 0 aromatic carbocycles. The lowest BCUT2D eigenvalue weighted by Crippen LogP contribution is -2.45. The van der Waals surface area contributed by atoms with Crippen molar-refractivity contribution in [1.29, 1.82) is 0 Å². The minimum absolute atomic E-state index is 0.116. The van der Waals surface area contributed by atoms with Gasteiger partial charge in [0.25, 0.3) is 0 Å². The normalized spacial score (nSPS) is 26.8. The van der Waals surface area contributed by atoms with Gasteiger partial charge in [0.15, 0.2) is 0 Å². The van der Waals surface area contributed by atoms with Gasteiger partial charge >= 0.3 is 0 Å². The number of carbonyl (C=O) groups excluding carboxylic acids is 1. The fourth-order valence-electron chi connectivity index (χ4n) is 2.66. The average Bonchev–Trinajstić information content (AvgIpc) is 3.00. The molecule has 17 heavy (non-hydrogen) atoms. The second kappa shape index (κ2) is 4.53. The molecule has 1 unspecified atom stereocenters. The molecule has 1 amide bonds. The third kappa shape index (κ3) is 2.31. The first-order valence-corrected chi connectivity index (χ1v) is 6.64. The fraction of sp³-hybridized carbons (Fsp3) is 0.833. The maximum Gasteiger partial charge on any atom is 0.235 e. The number of hydrogen-bond acceptors (Lipinski definition) is 3. The summed E-state index contributed by atoms with van der Waals surface area (Å²) in [4.78, 5) is 16.8. The van der Waals surface area contributed by atoms with E-state index < -0.39 is 5.41 Å². The van der Waals surface area contributed by atoms with E-state index in [1.807, 2.05) is 11.9 Å². The van der Waals surface area contributed by atoms with E-state index in [1.165, 1.54) is 12.8 Å². The lowest BCUT2D eigenvalue weighted by atomic mass is 10.1. The molecule has 2 aliphatic rings. The monoisotopic (exact) mass is 255 g/mol. The van der Waals surface area contributed by atoms with Crippen LogP contribution in [0.15, 0.2) is 0 Å². The molecule has 0 aromatic rings. The largest absolute Gasteiger partial charge is 0.392 e. The van der Waals surface area contributed by atoms with Gasteiger partial charge in [0.05, 0.1) is 10.4 Å². The van der Waals surface area contributed by atoms with Crippen molar-refractivity contribution in [3.8, 4) is 0 Å². The average molecular weight is 255 g/mol. The van der Waals surface area contributed by atoms with E-state index in [1.54, 1.807) is 0 Å². The minimum Gasteiger partial charge on any atom is -0.392 e. The molecule has 1 saturated carbocycles. The number of thiocarbonyl (C=S) groups is 1. The van der Waals surface area contributed by atoms with E-state index in [4.69, 9.17) is 18.0 Å². The first kappa shape index (κ1) is 12.8. The van der Waals surface area contributed by atoms with E-state index >= 15 is 0 Å². The van der Waals surface area contributed by atoms with Gasteiger partial charge in [-0.1, -0.05) is 12.2 Å². The van der Waals surface area contributed by atoms with Crippen LogP contribution >= 0.6 is 12.2 Å². The van der Waals surface area contributed by atoms with Gasteiger partial charge in [-0.25, -0.2) is 0 Å². The lowest BCUT2D eigenvalue weighted by Gasteiger charge is -2.28. The highest BCUT2D eigenvalue weighted by Crippen LogP contribution is 2.47. The number of hydrogen-bond donors (Lipinski definition) is 1. The number of likely N-dealkylation sites (tertiary alicyclic amines) is 1. The Morgan fingerprint density at radius 3 is 2.65 bits per heavy atom. The number of nitrogens with zero attached hydrogens (tertiary/aromatic N) is 2. The predicted molar refractivity (Wildman–Crippen MR) is 71.7 cm³/mol. The summed E-state index contributed by atoms with van der Waals surface area (Å²) in [6, 6.07) is 0.492. The van der Waals surface area contributed by atoms with E-state index in [0.29, 0.717) is 11.0 Å². The molecule has 0 aromatic heterocycles. The summed E-state index contributed by atoms with van der Waals surface area (Å²) in [6.45, 7) is 1.92. The third-order valence-electron chi connectivity index (χ3n) is 4.13. The highest BCUT2D eigenvalue weighted by Gasteiger charge is 2.54. The summed E-state index contributed by atoms with van der Waals surface area (Å²) in [5.41, 5.74) is 5.18. The number of nitrogens with two attached hydrogens (primary N) is 1. The molecular formula is C12H21N3OS. The molecule has 1 aliphatic heterocycles. The van der Waals surface area contributed by atoms with Gasteiger partial charge in [-0.15, -0.1) is 0 Å². The van der Waals surface area contributed by atoms with Crippen molar-refractivity contribution in [3.63, 3.8) is 0 Å². The molecule has 1 saturated heterocycles. The van der Waals surface area contributed by atoms with Crippen LogP contribution in [0.3, 0.4) is 0 Å². The van der Waals surface area contributed by atoms with Crippen LogP contribution < -0.4 is 5.73 Å². The molecular weight excluding hydrogens is 234 g/mol. The molecule has 2 rings (SSSR count). The fourth-order valence-corrected chi connectivity index (χ4v) is 2.96. The maximum atomic E-state index is 12.3. The Hall–Kier alpha value is -0.680. The molecule has 2 fully saturated rings. The smallest absolute Gasteiger partial charge is 0.235 e. The summed E-state index contributed by atoms with van der Waals surface area (Å²) in [5.74, 6) is 0.116. The van der Waals surface area contributed by atoms with Gasteiger partial charge < -0.3 is 15.5 Å². The highest BCUT2D eigenvalue weighted by atomic mass is 32.1. The number of carbonyl (C=O) groups is 1. The maximum absolute atomic E-state index is 12.3. The van der Waals surface area contributed by atoms with Crippen LogP contribution in [-0.2, 0) is 4.79 Å². The topological polar surface area (TPSA) is 49.6 Å². The molecule has 0 spiro atoms. The summed E-state index contributed by atoms with van der Waals surface area (Å²) in [5, 5.41) is 0. The Balaban J connectivity index is 1.94. The Morgan fingerprint density at radius 1 is 1.59 bits per heavy atom. The second-order valence-corrected chi connectivity index (χ2v) is 5.85. The Bertz CT molecular complexity index is 341. The molecule has 1 heterocycles. The van der Waals surface area contributed by atoms with E-state index in [0.717, 1.165) is 25.9 Å². The second-order valence-electron chi connectivity index (χ2n) is 5.41. The molecule has 0 bridgehead atoms. The summed E-state index contributed by atoms with van der Waals surface area (Å²) < 4.78 is 0. The van der Waals surface area contributed by atoms with Crippen LogP contribution in [0.4, 0.5) is 0 Å². The molecule has 5 heteroatoms. The molecule has 4 nitrogen and oxygen atoms in total. The van der Waals surface area contributed by atoms with Crippen molar-refractivity contribution in [2.24, 2.45) is 11.1 Å². The summed E-state index contributed by atoms with van der Waals surface area (Å²) in [7, 11) is 3.99. The Morgan fingerprint density at radius 2 is 2.24 bits per heavy atom. The van der Waals surface area contributed by atoms with E-state index in [-0.39, 0.29) is 5.91 Å². The van der Waals surface area contributed by atoms with Crippen LogP contribution in [0, 0.1) is 5.41 Å². The van der Waals surface area contributed by atoms with Crippen molar-refractivity contribution < 1.29 is 4.79 Å². The van der Waals surface area contributed by atoms with Crippen molar-refractivity contribution in [3.05, 3.63) is 0 Å². The van der Waals surface area contributed by atoms with E-state index in [2.05, 4.69) is 11.9 Å². The van der Waals surface area contributed by atoms with Gasteiger partial charge in [0, 0.05) is 19.6 Å². The number of amides is 1. The van der Waals surface area contributed by atoms with Crippen molar-refractivity contribution >= 4 is 23.1 Å². The minimum atomic E-state index is -0.499. The van der Waals surface area contributed by atoms with Gasteiger partial charge in [-0.05, 0) is 39.3 Å². The molecule has 96 valence electrons. The van der Waals surface area contributed by atoms with Crippen molar-refractivity contribution in [1.82, 2.24) is 9.80 Å². The van der Waals surface area contributed by atoms with Crippen molar-refractivity contribution in [2.45, 2.75) is 31.7 Å². The first-order valence-electron chi connectivity index (χ1n) is 6.23. The Labute approximate surface area is 108 Å². The number of rotatable bonds is 4. The quantitative estimate of drug-likeness (QED) is 0.748. The molecule has 0 radical (unpaired) electrons. The van der Waals surface area contributed by atoms with Crippen LogP contribution in [-0.4, -0.2) is 53.9 Å². The van der Waals surface area contributed by atoms with Gasteiger partial charge in [-0.2, -0.15) is 0 Å². The van der Waals surface area contributed by atoms with Crippen LogP contribution in [0.2, 0.25) is 0 Å². The molecule has 1 atom stereocenters. The van der Waals surface area contributed by atoms with E-state index in [9.17, 15) is 4.79 Å². The molecule has 1 aliphatic carbocycles. The zero-order valence-corrected chi connectivity index (χ0v) is 11.4. The third-order valence-corrected chi connectivity index (χ3v) is 4.52. The Kier molecular flexibility index (Phi) is 3.41. The molecule has 2 N–H and O–H groups in total. The predicted octanol–water partition coefficient (Wildman–Crippen LogP) is 0.605. The standard InChI is InChI=1S/C12H21N3OS/c1-14-7-3-4-9(14)8-15(2)11(16)12(5-6-12)10(13)17/h9H,3-8H2,1-2H3,(H2,13,17). The van der Waals surface area contributed by atoms with Crippen LogP contribution in [0.5, 0.6) is 0 Å². The number of likely N-dealkylation sites (N-methyl/N-ethyl adjacent to an activating group) is 2. The van der Waals surface area contributed by atoms with Gasteiger partial charge in [-0.3, -0.25) is 4.79 Å². The summed E-state index contributed by atoms with van der Waals surface area (Å²) >= 11 is 5.02. The zero-order chi connectivity index (χ0) is 12.6. The van der Waals surface area contributed by atoms with Gasteiger partial charge in [0.2, 0.25) is 5.91 Å². The van der Waals surface area contributed by atoms with Crippen LogP contribution in [0.25, 0.3) is 0 Å². The highest BCUT2D eigenvalue weighted by molar-refractivity contribution is 7.80. The van der Waals surface area contributed by atoms with Gasteiger partial charge in [0.1, 0.15) is 0 Å². The van der Waals surface area contributed by atoms with Crippen molar-refractivity contribution in [2.75, 3.05) is 27.2 Å². The summed E-state index contributed by atoms with van der Waals surface area (Å²) in [6.07, 6.45) is 4.05. The first-order chi connectivity index (χ1) is 7.97. The SMILES string of the molecule is CN(CC1CCCN1C)C(=O)C1(C(N)=S)CC1. The lowest BCUT2D eigenvalue weighted by molar-refractivity contribution is -0.133. The van der Waals surface area contributed by atoms with Crippen LogP contribution in [0.1, 0.15) is 25.7 Å².